The van der Waals surface area contributed by atoms with Crippen LogP contribution in [-0.2, 0) is 0 Å². The fourth-order valence-corrected chi connectivity index (χ4v) is 4.27. The van der Waals surface area contributed by atoms with Gasteiger partial charge in [-0.3, -0.25) is 0 Å². The monoisotopic (exact) mass is 222 g/mol. The summed E-state index contributed by atoms with van der Waals surface area (Å²) in [5, 5.41) is 3.83. The van der Waals surface area contributed by atoms with Crippen LogP contribution in [0.1, 0.15) is 44.9 Å². The molecule has 0 unspecified atom stereocenters. The lowest BCUT2D eigenvalue weighted by atomic mass is 9.95. The van der Waals surface area contributed by atoms with Gasteiger partial charge in [0, 0.05) is 12.1 Å². The van der Waals surface area contributed by atoms with E-state index >= 15 is 0 Å². The molecule has 1 aliphatic heterocycles. The van der Waals surface area contributed by atoms with Gasteiger partial charge in [-0.15, -0.1) is 0 Å². The fraction of sp³-hybridized carbons (Fsp3) is 1.00. The van der Waals surface area contributed by atoms with Gasteiger partial charge in [0.05, 0.1) is 0 Å². The molecule has 1 saturated heterocycles. The van der Waals surface area contributed by atoms with Gasteiger partial charge in [-0.25, -0.2) is 0 Å². The quantitative estimate of drug-likeness (QED) is 0.785. The summed E-state index contributed by atoms with van der Waals surface area (Å²) in [4.78, 5) is 2.54. The molecule has 0 radical (unpaired) electrons. The first-order valence-corrected chi connectivity index (χ1v) is 7.26. The molecule has 0 aromatic heterocycles. The number of likely N-dealkylation sites (tertiary alicyclic amines) is 1. The molecule has 2 heteroatoms. The van der Waals surface area contributed by atoms with Crippen molar-refractivity contribution < 1.29 is 0 Å². The van der Waals surface area contributed by atoms with E-state index in [2.05, 4.69) is 17.3 Å². The minimum atomic E-state index is 0.867. The maximum Gasteiger partial charge on any atom is 0.0105 e. The molecule has 0 aromatic rings. The predicted molar refractivity (Wildman–Crippen MR) is 67.5 cm³/mol. The summed E-state index contributed by atoms with van der Waals surface area (Å²) in [6.45, 7) is 2.57. The molecule has 2 bridgehead atoms. The molecule has 3 aliphatic rings. The molecule has 2 aliphatic carbocycles. The first-order valence-electron chi connectivity index (χ1n) is 7.26. The van der Waals surface area contributed by atoms with Crippen molar-refractivity contribution in [2.75, 3.05) is 20.1 Å². The lowest BCUT2D eigenvalue weighted by molar-refractivity contribution is 0.279. The second kappa shape index (κ2) is 4.66. The third-order valence-electron chi connectivity index (χ3n) is 5.29. The standard InChI is InChI=1S/C14H26N2/c1-16-8-2-3-13(16)6-7-15-14-10-11-4-5-12(14)9-11/h11-15H,2-10H2,1H3/t11-,12-,13+,14+/m0/s1. The molecule has 2 nitrogen and oxygen atoms in total. The zero-order valence-corrected chi connectivity index (χ0v) is 10.6. The van der Waals surface area contributed by atoms with E-state index in [9.17, 15) is 0 Å². The highest BCUT2D eigenvalue weighted by molar-refractivity contribution is 4.94. The number of rotatable bonds is 4. The van der Waals surface area contributed by atoms with Gasteiger partial charge in [-0.05, 0) is 70.5 Å². The van der Waals surface area contributed by atoms with Crippen molar-refractivity contribution in [3.63, 3.8) is 0 Å². The normalized spacial score (nSPS) is 43.3. The van der Waals surface area contributed by atoms with Crippen LogP contribution in [0.4, 0.5) is 0 Å². The van der Waals surface area contributed by atoms with Crippen LogP contribution in [0.3, 0.4) is 0 Å². The molecular formula is C14H26N2. The fourth-order valence-electron chi connectivity index (χ4n) is 4.27. The third-order valence-corrected chi connectivity index (χ3v) is 5.29. The van der Waals surface area contributed by atoms with Gasteiger partial charge in [-0.1, -0.05) is 6.42 Å². The molecule has 3 fully saturated rings. The Kier molecular flexibility index (Phi) is 3.21. The minimum Gasteiger partial charge on any atom is -0.314 e. The Morgan fingerprint density at radius 2 is 2.12 bits per heavy atom. The van der Waals surface area contributed by atoms with E-state index < -0.39 is 0 Å². The Labute approximate surface area is 99.8 Å². The van der Waals surface area contributed by atoms with Crippen LogP contribution in [-0.4, -0.2) is 37.1 Å². The number of hydrogen-bond acceptors (Lipinski definition) is 2. The van der Waals surface area contributed by atoms with Crippen LogP contribution in [0.5, 0.6) is 0 Å². The van der Waals surface area contributed by atoms with Gasteiger partial charge in [0.1, 0.15) is 0 Å². The first-order chi connectivity index (χ1) is 7.83. The van der Waals surface area contributed by atoms with Crippen molar-refractivity contribution in [1.82, 2.24) is 10.2 Å². The summed E-state index contributed by atoms with van der Waals surface area (Å²) in [6, 6.07) is 1.75. The lowest BCUT2D eigenvalue weighted by Crippen LogP contribution is -2.37. The Morgan fingerprint density at radius 3 is 2.75 bits per heavy atom. The molecule has 1 N–H and O–H groups in total. The van der Waals surface area contributed by atoms with Crippen LogP contribution >= 0.6 is 0 Å². The Bertz CT molecular complexity index is 241. The summed E-state index contributed by atoms with van der Waals surface area (Å²) in [5.41, 5.74) is 0. The van der Waals surface area contributed by atoms with Gasteiger partial charge in [0.25, 0.3) is 0 Å². The maximum atomic E-state index is 3.83. The van der Waals surface area contributed by atoms with Crippen LogP contribution in [0.2, 0.25) is 0 Å². The Morgan fingerprint density at radius 1 is 1.19 bits per heavy atom. The molecule has 16 heavy (non-hydrogen) atoms. The summed E-state index contributed by atoms with van der Waals surface area (Å²) in [7, 11) is 2.29. The van der Waals surface area contributed by atoms with Crippen molar-refractivity contribution >= 4 is 0 Å². The summed E-state index contributed by atoms with van der Waals surface area (Å²) in [5.74, 6) is 2.11. The van der Waals surface area contributed by atoms with Crippen molar-refractivity contribution in [1.29, 1.82) is 0 Å². The van der Waals surface area contributed by atoms with E-state index in [-0.39, 0.29) is 0 Å². The highest BCUT2D eigenvalue weighted by Gasteiger charge is 2.39. The Balaban J connectivity index is 1.37. The van der Waals surface area contributed by atoms with E-state index in [0.717, 1.165) is 23.9 Å². The predicted octanol–water partition coefficient (Wildman–Crippen LogP) is 2.25. The zero-order valence-electron chi connectivity index (χ0n) is 10.6. The third kappa shape index (κ3) is 2.14. The second-order valence-electron chi connectivity index (χ2n) is 6.30. The molecule has 1 heterocycles. The van der Waals surface area contributed by atoms with Gasteiger partial charge in [0.15, 0.2) is 0 Å². The lowest BCUT2D eigenvalue weighted by Gasteiger charge is -2.25. The topological polar surface area (TPSA) is 15.3 Å². The summed E-state index contributed by atoms with van der Waals surface area (Å²) >= 11 is 0. The first kappa shape index (κ1) is 11.0. The number of fused-ring (bicyclic) bond motifs is 2. The summed E-state index contributed by atoms with van der Waals surface area (Å²) < 4.78 is 0. The van der Waals surface area contributed by atoms with Crippen molar-refractivity contribution in [3.05, 3.63) is 0 Å². The highest BCUT2D eigenvalue weighted by Crippen LogP contribution is 2.44. The van der Waals surface area contributed by atoms with Gasteiger partial charge in [0.2, 0.25) is 0 Å². The number of hydrogen-bond donors (Lipinski definition) is 1. The van der Waals surface area contributed by atoms with E-state index in [1.165, 1.54) is 58.0 Å². The zero-order chi connectivity index (χ0) is 11.0. The SMILES string of the molecule is CN1CCC[C@@H]1CCN[C@@H]1C[C@H]2CC[C@H]1C2. The smallest absolute Gasteiger partial charge is 0.0105 e. The molecule has 0 amide bonds. The molecule has 0 spiro atoms. The van der Waals surface area contributed by atoms with Gasteiger partial charge >= 0.3 is 0 Å². The van der Waals surface area contributed by atoms with Gasteiger partial charge in [-0.2, -0.15) is 0 Å². The molecule has 3 rings (SSSR count). The maximum absolute atomic E-state index is 3.83. The molecular weight excluding hydrogens is 196 g/mol. The van der Waals surface area contributed by atoms with Gasteiger partial charge < -0.3 is 10.2 Å². The van der Waals surface area contributed by atoms with E-state index in [4.69, 9.17) is 0 Å². The number of nitrogens with zero attached hydrogens (tertiary/aromatic N) is 1. The van der Waals surface area contributed by atoms with E-state index in [1.54, 1.807) is 0 Å². The van der Waals surface area contributed by atoms with E-state index in [1.807, 2.05) is 0 Å². The van der Waals surface area contributed by atoms with Crippen LogP contribution in [0.15, 0.2) is 0 Å². The minimum absolute atomic E-state index is 0.867. The van der Waals surface area contributed by atoms with Crippen molar-refractivity contribution in [2.45, 2.75) is 57.0 Å². The largest absolute Gasteiger partial charge is 0.314 e. The molecule has 4 atom stereocenters. The Hall–Kier alpha value is -0.0800. The van der Waals surface area contributed by atoms with Crippen LogP contribution in [0.25, 0.3) is 0 Å². The average molecular weight is 222 g/mol. The van der Waals surface area contributed by atoms with Crippen LogP contribution in [0, 0.1) is 11.8 Å². The molecule has 92 valence electrons. The summed E-state index contributed by atoms with van der Waals surface area (Å²) in [6.07, 6.45) is 10.2. The molecule has 0 aromatic carbocycles. The average Bonchev–Trinajstić information content (AvgIpc) is 2.96. The number of nitrogens with one attached hydrogen (secondary N) is 1. The highest BCUT2D eigenvalue weighted by atomic mass is 15.1. The van der Waals surface area contributed by atoms with E-state index in [0.29, 0.717) is 0 Å². The molecule has 2 saturated carbocycles. The second-order valence-corrected chi connectivity index (χ2v) is 6.30. The van der Waals surface area contributed by atoms with Crippen molar-refractivity contribution in [3.8, 4) is 0 Å². The van der Waals surface area contributed by atoms with Crippen molar-refractivity contribution in [2.24, 2.45) is 11.8 Å². The van der Waals surface area contributed by atoms with Crippen LogP contribution < -0.4 is 5.32 Å².